The van der Waals surface area contributed by atoms with Gasteiger partial charge < -0.3 is 39.8 Å². The molecule has 5 unspecified atom stereocenters. The van der Waals surface area contributed by atoms with E-state index in [1.165, 1.54) is 22.3 Å². The van der Waals surface area contributed by atoms with E-state index >= 15 is 0 Å². The van der Waals surface area contributed by atoms with Crippen molar-refractivity contribution in [3.05, 3.63) is 42.3 Å². The van der Waals surface area contributed by atoms with Gasteiger partial charge in [0.15, 0.2) is 5.13 Å². The van der Waals surface area contributed by atoms with Gasteiger partial charge >= 0.3 is 18.2 Å². The lowest BCUT2D eigenvalue weighted by Gasteiger charge is -2.36. The van der Waals surface area contributed by atoms with E-state index < -0.39 is 65.0 Å². The zero-order chi connectivity index (χ0) is 41.4. The van der Waals surface area contributed by atoms with Crippen molar-refractivity contribution >= 4 is 63.0 Å². The number of carbonyl (C=O) groups is 5. The lowest BCUT2D eigenvalue weighted by Crippen LogP contribution is -2.59. The van der Waals surface area contributed by atoms with E-state index in [0.717, 1.165) is 24.9 Å². The Morgan fingerprint density at radius 3 is 2.40 bits per heavy atom. The normalized spacial score (nSPS) is 22.2. The lowest BCUT2D eigenvalue weighted by molar-refractivity contribution is -0.146. The number of amides is 4. The second-order valence-electron chi connectivity index (χ2n) is 16.4. The Morgan fingerprint density at radius 1 is 1.07 bits per heavy atom. The van der Waals surface area contributed by atoms with Crippen LogP contribution in [0.25, 0.3) is 22.3 Å². The van der Waals surface area contributed by atoms with Crippen molar-refractivity contribution in [3.63, 3.8) is 0 Å². The fourth-order valence-electron chi connectivity index (χ4n) is 6.95. The number of aromatic nitrogens is 2. The highest BCUT2D eigenvalue weighted by Gasteiger charge is 2.61. The number of fused-ring (bicyclic) bond motifs is 1. The Kier molecular flexibility index (Phi) is 11.7. The number of pyridine rings is 1. The van der Waals surface area contributed by atoms with E-state index in [1.54, 1.807) is 46.1 Å². The molecule has 3 heterocycles. The summed E-state index contributed by atoms with van der Waals surface area (Å²) in [6.45, 7) is 12.6. The zero-order valence-electron chi connectivity index (χ0n) is 33.3. The smallest absolute Gasteiger partial charge is 0.413 e. The van der Waals surface area contributed by atoms with Crippen LogP contribution >= 0.6 is 11.3 Å². The molecule has 17 heteroatoms. The molecule has 6 rings (SSSR count). The first-order valence-electron chi connectivity index (χ1n) is 19.1. The number of nitrogens with one attached hydrogen (secondary N) is 3. The van der Waals surface area contributed by atoms with E-state index in [0.29, 0.717) is 33.2 Å². The number of anilines is 2. The van der Waals surface area contributed by atoms with E-state index in [9.17, 15) is 29.1 Å². The molecule has 2 aromatic heterocycles. The average molecular weight is 806 g/mol. The molecule has 2 saturated carbocycles. The fourth-order valence-corrected chi connectivity index (χ4v) is 7.64. The molecule has 3 aromatic rings. The molecular formula is C40H51N7O9S. The molecule has 57 heavy (non-hydrogen) atoms. The van der Waals surface area contributed by atoms with Crippen molar-refractivity contribution < 1.29 is 43.3 Å². The molecule has 1 aliphatic heterocycles. The van der Waals surface area contributed by atoms with E-state index in [4.69, 9.17) is 19.2 Å². The molecule has 2 aliphatic carbocycles. The number of ether oxygens (including phenoxy) is 3. The highest BCUT2D eigenvalue weighted by molar-refractivity contribution is 7.14. The minimum Gasteiger partial charge on any atom is -0.488 e. The number of benzene rings is 1. The number of carboxylic acid groups (broad SMARTS) is 1. The summed E-state index contributed by atoms with van der Waals surface area (Å²) in [5, 5.41) is 20.9. The lowest BCUT2D eigenvalue weighted by atomic mass is 9.85. The SMILES string of the molecule is C=CC1CC1(NC(=O)C1CC(Oc2cc(-c3csc(NC(=O)OC(C)C)n3)nc3cc(N(C)C)ccc23)CN1C(=O)C(NC(=O)OC1CCC1)C(C)(C)C)C(=O)O. The van der Waals surface area contributed by atoms with Crippen LogP contribution in [0.2, 0.25) is 0 Å². The van der Waals surface area contributed by atoms with E-state index in [1.807, 2.05) is 37.2 Å². The molecule has 4 amide bonds. The number of likely N-dealkylation sites (tertiary alicyclic amines) is 1. The fraction of sp³-hybridized carbons (Fsp3) is 0.525. The molecule has 306 valence electrons. The van der Waals surface area contributed by atoms with Crippen LogP contribution in [0.15, 0.2) is 42.3 Å². The molecule has 1 saturated heterocycles. The van der Waals surface area contributed by atoms with Gasteiger partial charge in [0.1, 0.15) is 41.3 Å². The predicted molar refractivity (Wildman–Crippen MR) is 214 cm³/mol. The van der Waals surface area contributed by atoms with Gasteiger partial charge in [0, 0.05) is 49.0 Å². The van der Waals surface area contributed by atoms with Crippen molar-refractivity contribution in [2.75, 3.05) is 30.9 Å². The first kappa shape index (κ1) is 41.2. The number of aliphatic carboxylic acids is 1. The first-order chi connectivity index (χ1) is 26.9. The van der Waals surface area contributed by atoms with Crippen LogP contribution < -0.4 is 25.6 Å². The maximum Gasteiger partial charge on any atom is 0.413 e. The van der Waals surface area contributed by atoms with Crippen molar-refractivity contribution in [3.8, 4) is 17.1 Å². The third-order valence-corrected chi connectivity index (χ3v) is 11.2. The largest absolute Gasteiger partial charge is 0.488 e. The summed E-state index contributed by atoms with van der Waals surface area (Å²) in [5.74, 6) is -2.44. The number of thiazole rings is 1. The number of hydrogen-bond donors (Lipinski definition) is 4. The van der Waals surface area contributed by atoms with Gasteiger partial charge in [0.25, 0.3) is 0 Å². The number of carboxylic acids is 1. The van der Waals surface area contributed by atoms with Crippen molar-refractivity contribution in [1.82, 2.24) is 25.5 Å². The minimum absolute atomic E-state index is 0.0209. The molecular weight excluding hydrogens is 755 g/mol. The molecule has 4 N–H and O–H groups in total. The van der Waals surface area contributed by atoms with Gasteiger partial charge in [-0.3, -0.25) is 14.9 Å². The van der Waals surface area contributed by atoms with Crippen LogP contribution in [0.3, 0.4) is 0 Å². The van der Waals surface area contributed by atoms with Crippen LogP contribution in [0.1, 0.15) is 66.7 Å². The van der Waals surface area contributed by atoms with Gasteiger partial charge in [-0.15, -0.1) is 17.9 Å². The molecule has 3 fully saturated rings. The Hall–Kier alpha value is -5.45. The highest BCUT2D eigenvalue weighted by atomic mass is 32.1. The highest BCUT2D eigenvalue weighted by Crippen LogP contribution is 2.45. The topological polar surface area (TPSA) is 202 Å². The number of alkyl carbamates (subject to hydrolysis) is 1. The van der Waals surface area contributed by atoms with Gasteiger partial charge in [-0.1, -0.05) is 26.8 Å². The van der Waals surface area contributed by atoms with Crippen molar-refractivity contribution in [2.24, 2.45) is 11.3 Å². The third-order valence-electron chi connectivity index (χ3n) is 10.5. The van der Waals surface area contributed by atoms with E-state index in [-0.39, 0.29) is 31.6 Å². The minimum atomic E-state index is -1.53. The van der Waals surface area contributed by atoms with Crippen LogP contribution in [0, 0.1) is 11.3 Å². The number of hydrogen-bond acceptors (Lipinski definition) is 12. The second-order valence-corrected chi connectivity index (χ2v) is 17.3. The first-order valence-corrected chi connectivity index (χ1v) is 19.9. The molecule has 3 aliphatic rings. The number of nitrogens with zero attached hydrogens (tertiary/aromatic N) is 4. The Balaban J connectivity index is 1.33. The summed E-state index contributed by atoms with van der Waals surface area (Å²) >= 11 is 1.20. The quantitative estimate of drug-likeness (QED) is 0.157. The predicted octanol–water partition coefficient (Wildman–Crippen LogP) is 5.57. The van der Waals surface area contributed by atoms with Gasteiger partial charge in [-0.25, -0.2) is 24.4 Å². The van der Waals surface area contributed by atoms with Gasteiger partial charge in [0.2, 0.25) is 11.8 Å². The summed E-state index contributed by atoms with van der Waals surface area (Å²) in [6, 6.07) is 5.19. The maximum absolute atomic E-state index is 14.6. The van der Waals surface area contributed by atoms with Gasteiger partial charge in [-0.2, -0.15) is 0 Å². The summed E-state index contributed by atoms with van der Waals surface area (Å²) in [7, 11) is 3.82. The molecule has 0 radical (unpaired) electrons. The standard InChI is InChI=1S/C40H51N7O9S/c1-9-22-18-40(22,35(50)51)45-33(48)30-16-25(19-47(30)34(49)32(39(4,5)6)43-37(52)56-24-11-10-12-24)55-31-17-28(41-27-15-23(46(7)8)13-14-26(27)31)29-20-57-36(42-29)44-38(53)54-21(2)3/h9,13-15,17,20-22,24-25,30,32H,1,10-12,16,18-19H2,2-8H3,(H,43,52)(H,45,48)(H,50,51)(H,42,44,53). The third kappa shape index (κ3) is 9.08. The van der Waals surface area contributed by atoms with Crippen LogP contribution in [-0.4, -0.2) is 107 Å². The van der Waals surface area contributed by atoms with E-state index in [2.05, 4.69) is 27.5 Å². The Labute approximate surface area is 335 Å². The number of rotatable bonds is 13. The average Bonchev–Trinajstić information content (AvgIpc) is 3.39. The van der Waals surface area contributed by atoms with Crippen LogP contribution in [0.5, 0.6) is 5.75 Å². The summed E-state index contributed by atoms with van der Waals surface area (Å²) in [4.78, 5) is 79.1. The summed E-state index contributed by atoms with van der Waals surface area (Å²) in [6.07, 6.45) is 1.53. The maximum atomic E-state index is 14.6. The molecule has 1 aromatic carbocycles. The Morgan fingerprint density at radius 2 is 1.81 bits per heavy atom. The van der Waals surface area contributed by atoms with Crippen molar-refractivity contribution in [1.29, 1.82) is 0 Å². The Bertz CT molecular complexity index is 2060. The van der Waals surface area contributed by atoms with Crippen LogP contribution in [0.4, 0.5) is 20.4 Å². The van der Waals surface area contributed by atoms with Gasteiger partial charge in [-0.05, 0) is 63.1 Å². The molecule has 16 nitrogen and oxygen atoms in total. The monoisotopic (exact) mass is 805 g/mol. The molecule has 0 spiro atoms. The summed E-state index contributed by atoms with van der Waals surface area (Å²) in [5.41, 5.74) is 0.0559. The number of carbonyl (C=O) groups excluding carboxylic acids is 4. The summed E-state index contributed by atoms with van der Waals surface area (Å²) < 4.78 is 17.4. The second kappa shape index (κ2) is 16.2. The van der Waals surface area contributed by atoms with Gasteiger partial charge in [0.05, 0.1) is 23.9 Å². The zero-order valence-corrected chi connectivity index (χ0v) is 34.1. The van der Waals surface area contributed by atoms with Crippen molar-refractivity contribution in [2.45, 2.75) is 103 Å². The molecule has 0 bridgehead atoms. The molecule has 5 atom stereocenters. The van der Waals surface area contributed by atoms with Crippen LogP contribution in [-0.2, 0) is 23.9 Å².